The van der Waals surface area contributed by atoms with Crippen molar-refractivity contribution in [3.63, 3.8) is 0 Å². The zero-order valence-electron chi connectivity index (χ0n) is 21.2. The molecule has 3 aromatic rings. The Kier molecular flexibility index (Phi) is 8.00. The summed E-state index contributed by atoms with van der Waals surface area (Å²) >= 11 is 0. The summed E-state index contributed by atoms with van der Waals surface area (Å²) in [7, 11) is -4.26. The van der Waals surface area contributed by atoms with Crippen LogP contribution in [0.3, 0.4) is 0 Å². The normalized spacial score (nSPS) is 25.8. The zero-order valence-corrected chi connectivity index (χ0v) is 22.1. The maximum Gasteiger partial charge on any atom is 0.459 e. The average Bonchev–Trinajstić information content (AvgIpc) is 3.35. The van der Waals surface area contributed by atoms with Crippen molar-refractivity contribution in [3.05, 3.63) is 42.9 Å². The third-order valence-electron chi connectivity index (χ3n) is 5.74. The zero-order chi connectivity index (χ0) is 27.7. The topological polar surface area (TPSA) is 173 Å². The van der Waals surface area contributed by atoms with E-state index in [0.29, 0.717) is 5.52 Å². The molecular weight excluding hydrogens is 522 g/mol. The number of fused-ring (bicyclic) bond motifs is 1. The fourth-order valence-corrected chi connectivity index (χ4v) is 5.37. The van der Waals surface area contributed by atoms with Crippen LogP contribution in [-0.4, -0.2) is 67.2 Å². The number of nitrogens with one attached hydrogen (secondary N) is 1. The van der Waals surface area contributed by atoms with E-state index < -0.39 is 56.6 Å². The molecule has 3 heterocycles. The molecule has 15 heteroatoms. The lowest BCUT2D eigenvalue weighted by Gasteiger charge is -2.25. The first-order valence-electron chi connectivity index (χ1n) is 11.8. The smallest absolute Gasteiger partial charge is 0.459 e. The fraction of sp³-hybridized carbons (Fsp3) is 0.478. The number of nitrogens with zero attached hydrogens (tertiary/aromatic N) is 4. The number of rotatable bonds is 10. The number of aromatic nitrogens is 4. The first kappa shape index (κ1) is 27.9. The number of aliphatic hydroxyl groups excluding tert-OH is 1. The van der Waals surface area contributed by atoms with Crippen molar-refractivity contribution in [2.45, 2.75) is 63.9 Å². The highest BCUT2D eigenvalue weighted by Crippen LogP contribution is 2.48. The summed E-state index contributed by atoms with van der Waals surface area (Å²) in [5.74, 6) is -0.535. The fourth-order valence-electron chi connectivity index (χ4n) is 3.87. The summed E-state index contributed by atoms with van der Waals surface area (Å²) < 4.78 is 52.9. The number of ether oxygens (including phenoxy) is 2. The highest BCUT2D eigenvalue weighted by Gasteiger charge is 2.56. The third-order valence-corrected chi connectivity index (χ3v) is 7.38. The van der Waals surface area contributed by atoms with E-state index in [4.69, 9.17) is 24.3 Å². The van der Waals surface area contributed by atoms with Gasteiger partial charge < -0.3 is 24.8 Å². The van der Waals surface area contributed by atoms with Crippen molar-refractivity contribution in [2.24, 2.45) is 0 Å². The van der Waals surface area contributed by atoms with Crippen LogP contribution in [0.15, 0.2) is 42.9 Å². The molecule has 4 rings (SSSR count). The highest BCUT2D eigenvalue weighted by atomic mass is 31.2. The maximum atomic E-state index is 15.8. The highest BCUT2D eigenvalue weighted by molar-refractivity contribution is 7.52. The summed E-state index contributed by atoms with van der Waals surface area (Å²) in [6, 6.07) is 7.06. The number of carbonyl (C=O) groups is 1. The van der Waals surface area contributed by atoms with E-state index in [2.05, 4.69) is 20.0 Å². The van der Waals surface area contributed by atoms with Crippen molar-refractivity contribution in [1.29, 1.82) is 0 Å². The molecule has 0 spiro atoms. The van der Waals surface area contributed by atoms with Gasteiger partial charge in [0.05, 0.1) is 25.2 Å². The number of nitrogen functional groups attached to an aromatic ring is 1. The molecule has 1 aliphatic rings. The predicted octanol–water partition coefficient (Wildman–Crippen LogP) is 2.53. The molecule has 2 aromatic heterocycles. The Hall–Kier alpha value is -3.16. The van der Waals surface area contributed by atoms with Crippen LogP contribution in [-0.2, 0) is 23.4 Å². The van der Waals surface area contributed by atoms with Crippen LogP contribution in [0.25, 0.3) is 11.2 Å². The van der Waals surface area contributed by atoms with Crippen LogP contribution in [0.5, 0.6) is 5.75 Å². The standard InChI is InChI=1S/C23H30FN6O7P/c1-13(2)35-20(32)14(3)29-38(33,37-15-8-6-5-7-9-15)34-11-17-18(31)23(4,24)21(36-17)30-12-27-16-10-26-22(25)28-19(16)30/h5-10,12-14,17-18,21,31H,11H2,1-4H3,(H,29,33)(H2,25,26,28)/t14-,17-,18-,21-,23-,38?/m1/s1. The van der Waals surface area contributed by atoms with Gasteiger partial charge in [-0.3, -0.25) is 13.9 Å². The van der Waals surface area contributed by atoms with Gasteiger partial charge in [-0.15, -0.1) is 0 Å². The number of hydrogen-bond acceptors (Lipinski definition) is 11. The molecule has 1 unspecified atom stereocenters. The third kappa shape index (κ3) is 5.94. The predicted molar refractivity (Wildman–Crippen MR) is 134 cm³/mol. The van der Waals surface area contributed by atoms with Gasteiger partial charge in [0, 0.05) is 0 Å². The molecule has 6 atom stereocenters. The maximum absolute atomic E-state index is 15.8. The summed E-state index contributed by atoms with van der Waals surface area (Å²) in [4.78, 5) is 24.4. The number of imidazole rings is 1. The van der Waals surface area contributed by atoms with Crippen LogP contribution in [0.1, 0.15) is 33.9 Å². The minimum atomic E-state index is -4.26. The lowest BCUT2D eigenvalue weighted by atomic mass is 9.98. The number of hydrogen-bond donors (Lipinski definition) is 3. The number of carbonyl (C=O) groups excluding carboxylic acids is 1. The lowest BCUT2D eigenvalue weighted by molar-refractivity contribution is -0.149. The van der Waals surface area contributed by atoms with Crippen LogP contribution in [0.2, 0.25) is 0 Å². The Bertz CT molecular complexity index is 1320. The van der Waals surface area contributed by atoms with Crippen LogP contribution in [0, 0.1) is 0 Å². The number of alkyl halides is 1. The molecule has 0 radical (unpaired) electrons. The van der Waals surface area contributed by atoms with Crippen molar-refractivity contribution in [1.82, 2.24) is 24.6 Å². The number of aliphatic hydroxyl groups is 1. The summed E-state index contributed by atoms with van der Waals surface area (Å²) in [5, 5.41) is 13.3. The van der Waals surface area contributed by atoms with Gasteiger partial charge in [-0.2, -0.15) is 10.1 Å². The molecule has 0 aliphatic carbocycles. The molecular formula is C23H30FN6O7P. The number of benzene rings is 1. The number of para-hydroxylation sites is 1. The first-order valence-corrected chi connectivity index (χ1v) is 13.4. The molecule has 13 nitrogen and oxygen atoms in total. The van der Waals surface area contributed by atoms with Crippen LogP contribution < -0.4 is 15.3 Å². The van der Waals surface area contributed by atoms with Gasteiger partial charge in [-0.25, -0.2) is 18.9 Å². The van der Waals surface area contributed by atoms with Gasteiger partial charge in [0.25, 0.3) is 0 Å². The number of nitrogens with two attached hydrogens (primary N) is 1. The Morgan fingerprint density at radius 1 is 1.32 bits per heavy atom. The van der Waals surface area contributed by atoms with Gasteiger partial charge >= 0.3 is 13.7 Å². The monoisotopic (exact) mass is 552 g/mol. The Morgan fingerprint density at radius 3 is 2.71 bits per heavy atom. The van der Waals surface area contributed by atoms with Gasteiger partial charge in [0.15, 0.2) is 17.5 Å². The molecule has 1 fully saturated rings. The number of halogens is 1. The van der Waals surface area contributed by atoms with Gasteiger partial charge in [0.1, 0.15) is 29.5 Å². The SMILES string of the molecule is CC(C)OC(=O)[C@@H](C)NP(=O)(OC[C@H]1O[C@@H](n2cnc3cnc(N)nc32)[C@](C)(F)[C@@H]1O)Oc1ccccc1. The summed E-state index contributed by atoms with van der Waals surface area (Å²) in [6.07, 6.45) is -2.07. The lowest BCUT2D eigenvalue weighted by Crippen LogP contribution is -2.41. The van der Waals surface area contributed by atoms with Gasteiger partial charge in [0.2, 0.25) is 5.95 Å². The molecule has 38 heavy (non-hydrogen) atoms. The molecule has 4 N–H and O–H groups in total. The second-order valence-corrected chi connectivity index (χ2v) is 10.9. The Balaban J connectivity index is 1.54. The minimum Gasteiger partial charge on any atom is -0.462 e. The second-order valence-electron chi connectivity index (χ2n) is 9.25. The van der Waals surface area contributed by atoms with Crippen LogP contribution in [0.4, 0.5) is 10.3 Å². The molecule has 0 amide bonds. The first-order chi connectivity index (χ1) is 17.9. The Labute approximate surface area is 218 Å². The van der Waals surface area contributed by atoms with E-state index in [9.17, 15) is 14.5 Å². The average molecular weight is 553 g/mol. The Morgan fingerprint density at radius 2 is 2.03 bits per heavy atom. The van der Waals surface area contributed by atoms with Gasteiger partial charge in [-0.1, -0.05) is 18.2 Å². The van der Waals surface area contributed by atoms with E-state index in [-0.39, 0.29) is 17.3 Å². The molecule has 0 saturated carbocycles. The summed E-state index contributed by atoms with van der Waals surface area (Å²) in [5.41, 5.74) is 3.89. The quantitative estimate of drug-likeness (QED) is 0.248. The molecule has 0 bridgehead atoms. The van der Waals surface area contributed by atoms with E-state index in [0.717, 1.165) is 6.92 Å². The van der Waals surface area contributed by atoms with Crippen molar-refractivity contribution < 1.29 is 37.4 Å². The molecule has 1 aromatic carbocycles. The minimum absolute atomic E-state index is 0.0478. The second kappa shape index (κ2) is 10.9. The van der Waals surface area contributed by atoms with Crippen LogP contribution >= 0.6 is 7.75 Å². The van der Waals surface area contributed by atoms with E-state index in [1.54, 1.807) is 44.2 Å². The van der Waals surface area contributed by atoms with Gasteiger partial charge in [-0.05, 0) is 39.8 Å². The van der Waals surface area contributed by atoms with E-state index in [1.807, 2.05) is 0 Å². The van der Waals surface area contributed by atoms with Crippen molar-refractivity contribution >= 4 is 30.8 Å². The van der Waals surface area contributed by atoms with Crippen molar-refractivity contribution in [3.8, 4) is 5.75 Å². The number of anilines is 1. The van der Waals surface area contributed by atoms with Crippen molar-refractivity contribution in [2.75, 3.05) is 12.3 Å². The van der Waals surface area contributed by atoms with E-state index >= 15 is 4.39 Å². The number of esters is 1. The molecule has 1 aliphatic heterocycles. The largest absolute Gasteiger partial charge is 0.462 e. The van der Waals surface area contributed by atoms with E-state index in [1.165, 1.54) is 24.0 Å². The summed E-state index contributed by atoms with van der Waals surface area (Å²) in [6.45, 7) is 5.38. The molecule has 206 valence electrons. The molecule has 1 saturated heterocycles.